The van der Waals surface area contributed by atoms with Gasteiger partial charge in [-0.15, -0.1) is 11.3 Å². The summed E-state index contributed by atoms with van der Waals surface area (Å²) in [6.07, 6.45) is 5.19. The molecule has 7 rings (SSSR count). The number of urea groups is 1. The Morgan fingerprint density at radius 3 is 2.46 bits per heavy atom. The Balaban J connectivity index is 0.00000355. The summed E-state index contributed by atoms with van der Waals surface area (Å²) in [5.74, 6) is -1.76. The fraction of sp³-hybridized carbons (Fsp3) is 0.540. The number of likely N-dealkylation sites (tertiary alicyclic amines) is 1. The number of hydrazine groups is 1. The average Bonchev–Trinajstić information content (AvgIpc) is 4.06. The fourth-order valence-electron chi connectivity index (χ4n) is 9.88. The van der Waals surface area contributed by atoms with E-state index >= 15 is 0 Å². The highest BCUT2D eigenvalue weighted by Gasteiger charge is 2.40. The van der Waals surface area contributed by atoms with Crippen molar-refractivity contribution in [1.82, 2.24) is 45.0 Å². The highest BCUT2D eigenvalue weighted by molar-refractivity contribution is 7.60. The zero-order chi connectivity index (χ0) is 48.3. The van der Waals surface area contributed by atoms with Crippen molar-refractivity contribution in [1.29, 1.82) is 0 Å². The van der Waals surface area contributed by atoms with Crippen molar-refractivity contribution in [2.75, 3.05) is 54.0 Å². The van der Waals surface area contributed by atoms with Crippen LogP contribution in [0, 0.1) is 17.3 Å². The third-order valence-electron chi connectivity index (χ3n) is 13.4. The van der Waals surface area contributed by atoms with Gasteiger partial charge in [-0.2, -0.15) is 67.5 Å². The largest absolute Gasteiger partial charge is 0.464 e. The minimum Gasteiger partial charge on any atom is -0.464 e. The molecule has 400 valence electrons. The molecule has 0 radical (unpaired) electrons. The molecular weight excluding hydrogens is 1030 g/mol. The number of pyridine rings is 1. The van der Waals surface area contributed by atoms with Crippen LogP contribution in [0.2, 0.25) is 0 Å². The van der Waals surface area contributed by atoms with Gasteiger partial charge in [0.25, 0.3) is 5.91 Å². The van der Waals surface area contributed by atoms with Crippen LogP contribution in [0.1, 0.15) is 83.2 Å². The van der Waals surface area contributed by atoms with Crippen molar-refractivity contribution >= 4 is 119 Å². The van der Waals surface area contributed by atoms with Crippen molar-refractivity contribution in [3.05, 3.63) is 70.8 Å². The van der Waals surface area contributed by atoms with Crippen LogP contribution in [-0.2, 0) is 48.0 Å². The highest BCUT2D eigenvalue weighted by atomic mass is 32.1. The molecule has 5 amide bonds. The summed E-state index contributed by atoms with van der Waals surface area (Å²) in [7, 11) is 5.02. The number of cyclic esters (lactones) is 1. The second kappa shape index (κ2) is 27.6. The number of aryl methyl sites for hydroxylation is 1. The molecule has 2 N–H and O–H groups in total. The summed E-state index contributed by atoms with van der Waals surface area (Å²) in [4.78, 5) is 83.9. The number of hydrogen-bond donors (Lipinski definition) is 2. The summed E-state index contributed by atoms with van der Waals surface area (Å²) in [5.41, 5.74) is 9.27. The van der Waals surface area contributed by atoms with Gasteiger partial charge in [0, 0.05) is 99.4 Å². The topological polar surface area (TPSA) is 172 Å². The molecule has 4 aromatic rings. The van der Waals surface area contributed by atoms with Crippen molar-refractivity contribution in [2.45, 2.75) is 104 Å². The van der Waals surface area contributed by atoms with E-state index in [9.17, 15) is 24.0 Å². The maximum atomic E-state index is 14.7. The Hall–Kier alpha value is -3.90. The van der Waals surface area contributed by atoms with Crippen LogP contribution < -0.4 is 10.7 Å². The van der Waals surface area contributed by atoms with Crippen LogP contribution in [0.3, 0.4) is 0 Å². The minimum absolute atomic E-state index is 0. The molecule has 3 aromatic heterocycles. The van der Waals surface area contributed by atoms with Crippen LogP contribution in [0.5, 0.6) is 0 Å². The molecule has 3 aliphatic rings. The number of aromatic nitrogens is 3. The summed E-state index contributed by atoms with van der Waals surface area (Å²) >= 11 is 1.41. The van der Waals surface area contributed by atoms with Gasteiger partial charge in [-0.1, -0.05) is 40.3 Å². The number of thiazole rings is 1. The van der Waals surface area contributed by atoms with E-state index in [1.807, 2.05) is 32.2 Å². The van der Waals surface area contributed by atoms with Crippen molar-refractivity contribution in [3.63, 3.8) is 0 Å². The number of likely N-dealkylation sites (N-methyl/N-ethyl adjacent to an activating group) is 2. The second-order valence-corrected chi connectivity index (χ2v) is 20.3. The van der Waals surface area contributed by atoms with Gasteiger partial charge >= 0.3 is 12.0 Å². The summed E-state index contributed by atoms with van der Waals surface area (Å²) in [6.45, 7) is 18.2. The van der Waals surface area contributed by atoms with Crippen LogP contribution in [-0.4, -0.2) is 136 Å². The van der Waals surface area contributed by atoms with Gasteiger partial charge in [0.05, 0.1) is 34.8 Å². The molecule has 1 aromatic carbocycles. The Morgan fingerprint density at radius 2 is 1.79 bits per heavy atom. The number of rotatable bonds is 11. The number of methoxy groups -OCH3 is 1. The first-order valence-electron chi connectivity index (χ1n) is 23.5. The first-order chi connectivity index (χ1) is 31.9. The zero-order valence-corrected chi connectivity index (χ0v) is 48.8. The predicted molar refractivity (Wildman–Crippen MR) is 311 cm³/mol. The van der Waals surface area contributed by atoms with Gasteiger partial charge in [-0.25, -0.2) is 15.2 Å². The highest BCUT2D eigenvalue weighted by Crippen LogP contribution is 2.42. The number of amides is 5. The average molecular weight is 1110 g/mol. The third kappa shape index (κ3) is 14.1. The number of nitrogens with zero attached hydrogens (tertiary/aromatic N) is 7. The predicted octanol–water partition coefficient (Wildman–Crippen LogP) is 6.81. The van der Waals surface area contributed by atoms with Crippen LogP contribution >= 0.6 is 78.8 Å². The van der Waals surface area contributed by atoms with Crippen molar-refractivity contribution in [2.24, 2.45) is 17.3 Å². The molecule has 16 nitrogen and oxygen atoms in total. The lowest BCUT2D eigenvalue weighted by Crippen LogP contribution is -2.62. The molecule has 2 fully saturated rings. The lowest BCUT2D eigenvalue weighted by molar-refractivity contribution is -0.155. The lowest BCUT2D eigenvalue weighted by Gasteiger charge is -2.37. The summed E-state index contributed by atoms with van der Waals surface area (Å²) in [6, 6.07) is 7.34. The van der Waals surface area contributed by atoms with E-state index in [2.05, 4.69) is 66.9 Å². The Bertz CT molecular complexity index is 2520. The van der Waals surface area contributed by atoms with E-state index in [0.717, 1.165) is 51.1 Å². The lowest BCUT2D eigenvalue weighted by atomic mass is 9.84. The van der Waals surface area contributed by atoms with Crippen molar-refractivity contribution in [3.8, 4) is 22.5 Å². The number of carbonyl (C=O) groups excluding carboxylic acids is 5. The first kappa shape index (κ1) is 64.2. The second-order valence-electron chi connectivity index (χ2n) is 19.4. The van der Waals surface area contributed by atoms with Gasteiger partial charge < -0.3 is 34.1 Å². The molecule has 0 unspecified atom stereocenters. The quantitative estimate of drug-likeness (QED) is 0.120. The molecule has 6 heterocycles. The molecule has 2 saturated heterocycles. The monoisotopic (exact) mass is 1110 g/mol. The van der Waals surface area contributed by atoms with Gasteiger partial charge in [0.1, 0.15) is 18.1 Å². The smallest absolute Gasteiger partial charge is 0.324 e. The molecule has 5 atom stereocenters. The van der Waals surface area contributed by atoms with E-state index in [-0.39, 0.29) is 110 Å². The maximum absolute atomic E-state index is 14.7. The third-order valence-corrected chi connectivity index (χ3v) is 14.3. The number of fused-ring (bicyclic) bond motifs is 6. The van der Waals surface area contributed by atoms with E-state index in [1.165, 1.54) is 27.3 Å². The van der Waals surface area contributed by atoms with Crippen molar-refractivity contribution < 1.29 is 33.4 Å². The standard InChI is InChI=1S/C50H67N9O7S.5H2S/c1-11-42(60)55(8)26-32-19-22-57(27-32)49(64)56(9)44(30(3)4)46(61)53-38-24-41-52-39(28-67-41)33-17-18-40-35(23-33)36(45(58(40)12-2)34-15-13-20-51-43(34)31(5)65-10)25-50(6,7)29-66-48(63)37-16-14-21-59(54-37)47(38)62;;;;;/h11,13,15,17-18,20,23,28,30-32,37-38,44,54H,1,12,14,16,19,21-22,24-27,29H2,2-10H3,(H,53,61);5*1H2/t31-,32-,37-,38-,44-;;;;;/m0...../s1. The van der Waals surface area contributed by atoms with Gasteiger partial charge in [0.2, 0.25) is 11.8 Å². The van der Waals surface area contributed by atoms with Crippen LogP contribution in [0.25, 0.3) is 33.4 Å². The minimum atomic E-state index is -1.08. The zero-order valence-electron chi connectivity index (χ0n) is 43.0. The molecule has 0 saturated carbocycles. The Kier molecular flexibility index (Phi) is 24.6. The van der Waals surface area contributed by atoms with E-state index in [0.29, 0.717) is 57.0 Å². The molecule has 0 aliphatic carbocycles. The molecule has 6 bridgehead atoms. The number of carbonyl (C=O) groups is 5. The van der Waals surface area contributed by atoms with E-state index in [4.69, 9.17) is 19.4 Å². The molecule has 22 heteroatoms. The normalized spacial score (nSPS) is 19.4. The molecule has 3 aliphatic heterocycles. The number of benzene rings is 1. The molecule has 72 heavy (non-hydrogen) atoms. The number of esters is 1. The van der Waals surface area contributed by atoms with Crippen LogP contribution in [0.4, 0.5) is 4.79 Å². The summed E-state index contributed by atoms with van der Waals surface area (Å²) in [5, 5.41) is 8.13. The SMILES string of the molecule is C=CC(=O)N(C)C[C@@H]1CCN(C(=O)N(C)[C@H](C(=O)N[C@H]2Cc3nc(cs3)-c3ccc4c(c3)c(c(-c3cccnc3[C@H](C)OC)n4CC)CC(C)(C)COC(=O)[C@@H]3CCCN(N3)C2=O)C(C)C)C1.S.S.S.S.S. The van der Waals surface area contributed by atoms with Gasteiger partial charge in [-0.3, -0.25) is 29.2 Å². The Labute approximate surface area is 464 Å². The van der Waals surface area contributed by atoms with Gasteiger partial charge in [-0.05, 0) is 87.3 Å². The number of ether oxygens (including phenoxy) is 2. The van der Waals surface area contributed by atoms with E-state index in [1.54, 1.807) is 37.2 Å². The first-order valence-corrected chi connectivity index (χ1v) is 24.3. The Morgan fingerprint density at radius 1 is 1.07 bits per heavy atom. The van der Waals surface area contributed by atoms with Crippen LogP contribution in [0.15, 0.2) is 54.6 Å². The molecule has 0 spiro atoms. The number of nitrogens with one attached hydrogen (secondary N) is 2. The summed E-state index contributed by atoms with van der Waals surface area (Å²) < 4.78 is 14.2. The molecular formula is C50H77N9O7S6. The number of hydrogen-bond acceptors (Lipinski definition) is 11. The van der Waals surface area contributed by atoms with E-state index < -0.39 is 41.3 Å². The van der Waals surface area contributed by atoms with Gasteiger partial charge in [0.15, 0.2) is 0 Å². The fourth-order valence-corrected chi connectivity index (χ4v) is 10.7. The maximum Gasteiger partial charge on any atom is 0.324 e.